The highest BCUT2D eigenvalue weighted by atomic mass is 35.5. The summed E-state index contributed by atoms with van der Waals surface area (Å²) in [6.07, 6.45) is 2.98. The average Bonchev–Trinajstić information content (AvgIpc) is 2.49. The van der Waals surface area contributed by atoms with Crippen LogP contribution in [0.2, 0.25) is 10.0 Å². The molecule has 1 aromatic carbocycles. The van der Waals surface area contributed by atoms with Crippen LogP contribution in [-0.2, 0) is 9.53 Å². The molecule has 1 saturated heterocycles. The summed E-state index contributed by atoms with van der Waals surface area (Å²) in [6, 6.07) is 4.71. The van der Waals surface area contributed by atoms with Crippen molar-refractivity contribution in [2.24, 2.45) is 0 Å². The van der Waals surface area contributed by atoms with E-state index in [1.807, 2.05) is 0 Å². The Morgan fingerprint density at radius 1 is 1.29 bits per heavy atom. The molecule has 6 heteroatoms. The highest BCUT2D eigenvalue weighted by Gasteiger charge is 2.29. The quantitative estimate of drug-likeness (QED) is 0.796. The predicted molar refractivity (Wildman–Crippen MR) is 81.8 cm³/mol. The zero-order valence-electron chi connectivity index (χ0n) is 11.8. The number of carbonyl (C=O) groups is 2. The van der Waals surface area contributed by atoms with Crippen LogP contribution in [0.4, 0.5) is 0 Å². The Kier molecular flexibility index (Phi) is 5.48. The van der Waals surface area contributed by atoms with E-state index in [0.717, 1.165) is 19.3 Å². The number of carbonyl (C=O) groups excluding carboxylic acids is 2. The summed E-state index contributed by atoms with van der Waals surface area (Å²) < 4.78 is 4.71. The minimum Gasteiger partial charge on any atom is -0.469 e. The van der Waals surface area contributed by atoms with Gasteiger partial charge in [0.2, 0.25) is 0 Å². The van der Waals surface area contributed by atoms with Gasteiger partial charge in [-0.2, -0.15) is 0 Å². The van der Waals surface area contributed by atoms with E-state index in [-0.39, 0.29) is 24.3 Å². The Balaban J connectivity index is 2.17. The van der Waals surface area contributed by atoms with Gasteiger partial charge in [0.15, 0.2) is 0 Å². The highest BCUT2D eigenvalue weighted by Crippen LogP contribution is 2.26. The third-order valence-electron chi connectivity index (χ3n) is 3.68. The van der Waals surface area contributed by atoms with Crippen molar-refractivity contribution in [1.29, 1.82) is 0 Å². The van der Waals surface area contributed by atoms with Gasteiger partial charge in [0, 0.05) is 18.2 Å². The zero-order valence-corrected chi connectivity index (χ0v) is 13.3. The fourth-order valence-electron chi connectivity index (χ4n) is 2.55. The molecule has 1 atom stereocenters. The van der Waals surface area contributed by atoms with Gasteiger partial charge in [-0.15, -0.1) is 0 Å². The molecule has 1 aromatic rings. The van der Waals surface area contributed by atoms with Crippen LogP contribution in [0.3, 0.4) is 0 Å². The molecule has 2 rings (SSSR count). The predicted octanol–water partition coefficient (Wildman–Crippen LogP) is 3.55. The SMILES string of the molecule is COC(=O)CC1CCCCN1C(=O)c1ccc(Cl)c(Cl)c1. The first-order chi connectivity index (χ1) is 10.0. The second-order valence-electron chi connectivity index (χ2n) is 5.06. The maximum Gasteiger partial charge on any atom is 0.307 e. The molecule has 1 amide bonds. The van der Waals surface area contributed by atoms with E-state index >= 15 is 0 Å². The Labute approximate surface area is 134 Å². The second kappa shape index (κ2) is 7.14. The number of rotatable bonds is 3. The number of benzene rings is 1. The van der Waals surface area contributed by atoms with Crippen molar-refractivity contribution in [2.45, 2.75) is 31.7 Å². The molecule has 0 radical (unpaired) electrons. The van der Waals surface area contributed by atoms with E-state index in [9.17, 15) is 9.59 Å². The Hall–Kier alpha value is -1.26. The number of esters is 1. The number of likely N-dealkylation sites (tertiary alicyclic amines) is 1. The number of piperidine rings is 1. The Bertz CT molecular complexity index is 548. The summed E-state index contributed by atoms with van der Waals surface area (Å²) in [5.74, 6) is -0.420. The molecule has 1 aliphatic heterocycles. The number of methoxy groups -OCH3 is 1. The fourth-order valence-corrected chi connectivity index (χ4v) is 2.85. The third-order valence-corrected chi connectivity index (χ3v) is 4.42. The Morgan fingerprint density at radius 3 is 2.71 bits per heavy atom. The average molecular weight is 330 g/mol. The first-order valence-electron chi connectivity index (χ1n) is 6.85. The van der Waals surface area contributed by atoms with E-state index in [1.165, 1.54) is 7.11 Å². The molecule has 0 N–H and O–H groups in total. The van der Waals surface area contributed by atoms with Crippen LogP contribution in [0.25, 0.3) is 0 Å². The van der Waals surface area contributed by atoms with E-state index in [1.54, 1.807) is 23.1 Å². The number of hydrogen-bond donors (Lipinski definition) is 0. The lowest BCUT2D eigenvalue weighted by molar-refractivity contribution is -0.142. The molecular formula is C15H17Cl2NO3. The van der Waals surface area contributed by atoms with Gasteiger partial charge >= 0.3 is 5.97 Å². The van der Waals surface area contributed by atoms with Crippen molar-refractivity contribution < 1.29 is 14.3 Å². The van der Waals surface area contributed by atoms with Crippen LogP contribution in [-0.4, -0.2) is 36.5 Å². The molecule has 114 valence electrons. The molecular weight excluding hydrogens is 313 g/mol. The van der Waals surface area contributed by atoms with E-state index < -0.39 is 0 Å². The van der Waals surface area contributed by atoms with Crippen molar-refractivity contribution in [3.63, 3.8) is 0 Å². The first-order valence-corrected chi connectivity index (χ1v) is 7.61. The third kappa shape index (κ3) is 3.89. The van der Waals surface area contributed by atoms with Crippen molar-refractivity contribution >= 4 is 35.1 Å². The summed E-state index contributed by atoms with van der Waals surface area (Å²) in [5.41, 5.74) is 0.487. The molecule has 1 aliphatic rings. The Morgan fingerprint density at radius 2 is 2.05 bits per heavy atom. The van der Waals surface area contributed by atoms with Crippen LogP contribution >= 0.6 is 23.2 Å². The van der Waals surface area contributed by atoms with Crippen LogP contribution in [0.1, 0.15) is 36.0 Å². The van der Waals surface area contributed by atoms with Crippen LogP contribution in [0.5, 0.6) is 0 Å². The minimum atomic E-state index is -0.297. The number of amides is 1. The van der Waals surface area contributed by atoms with Gasteiger partial charge in [-0.1, -0.05) is 23.2 Å². The van der Waals surface area contributed by atoms with Crippen molar-refractivity contribution in [1.82, 2.24) is 4.90 Å². The number of halogens is 2. The summed E-state index contributed by atoms with van der Waals surface area (Å²) >= 11 is 11.8. The lowest BCUT2D eigenvalue weighted by Crippen LogP contribution is -2.44. The molecule has 0 aliphatic carbocycles. The first kappa shape index (κ1) is 16.1. The molecule has 0 bridgehead atoms. The number of ether oxygens (including phenoxy) is 1. The standard InChI is InChI=1S/C15H17Cl2NO3/c1-21-14(19)9-11-4-2-3-7-18(11)15(20)10-5-6-12(16)13(17)8-10/h5-6,8,11H,2-4,7,9H2,1H3. The monoisotopic (exact) mass is 329 g/mol. The number of hydrogen-bond acceptors (Lipinski definition) is 3. The van der Waals surface area contributed by atoms with E-state index in [0.29, 0.717) is 22.2 Å². The molecule has 1 fully saturated rings. The van der Waals surface area contributed by atoms with E-state index in [2.05, 4.69) is 0 Å². The topological polar surface area (TPSA) is 46.6 Å². The molecule has 21 heavy (non-hydrogen) atoms. The van der Waals surface area contributed by atoms with Gasteiger partial charge in [-0.25, -0.2) is 0 Å². The maximum absolute atomic E-state index is 12.6. The fraction of sp³-hybridized carbons (Fsp3) is 0.467. The number of nitrogens with zero attached hydrogens (tertiary/aromatic N) is 1. The molecule has 0 spiro atoms. The van der Waals surface area contributed by atoms with Gasteiger partial charge in [-0.3, -0.25) is 9.59 Å². The highest BCUT2D eigenvalue weighted by molar-refractivity contribution is 6.42. The van der Waals surface area contributed by atoms with Crippen LogP contribution < -0.4 is 0 Å². The molecule has 1 heterocycles. The van der Waals surface area contributed by atoms with Crippen LogP contribution in [0, 0.1) is 0 Å². The maximum atomic E-state index is 12.6. The van der Waals surface area contributed by atoms with Crippen molar-refractivity contribution in [3.05, 3.63) is 33.8 Å². The normalized spacial score (nSPS) is 18.4. The molecule has 1 unspecified atom stereocenters. The summed E-state index contributed by atoms with van der Waals surface area (Å²) in [7, 11) is 1.36. The summed E-state index contributed by atoms with van der Waals surface area (Å²) in [6.45, 7) is 0.640. The molecule has 4 nitrogen and oxygen atoms in total. The summed E-state index contributed by atoms with van der Waals surface area (Å²) in [5, 5.41) is 0.766. The smallest absolute Gasteiger partial charge is 0.307 e. The summed E-state index contributed by atoms with van der Waals surface area (Å²) in [4.78, 5) is 25.8. The largest absolute Gasteiger partial charge is 0.469 e. The van der Waals surface area contributed by atoms with Gasteiger partial charge < -0.3 is 9.64 Å². The van der Waals surface area contributed by atoms with Gasteiger partial charge in [0.1, 0.15) is 0 Å². The van der Waals surface area contributed by atoms with Gasteiger partial charge in [0.25, 0.3) is 5.91 Å². The van der Waals surface area contributed by atoms with Crippen LogP contribution in [0.15, 0.2) is 18.2 Å². The van der Waals surface area contributed by atoms with E-state index in [4.69, 9.17) is 27.9 Å². The van der Waals surface area contributed by atoms with Gasteiger partial charge in [-0.05, 0) is 37.5 Å². The molecule has 0 aromatic heterocycles. The minimum absolute atomic E-state index is 0.117. The van der Waals surface area contributed by atoms with Crippen molar-refractivity contribution in [2.75, 3.05) is 13.7 Å². The van der Waals surface area contributed by atoms with Gasteiger partial charge in [0.05, 0.1) is 23.6 Å². The zero-order chi connectivity index (χ0) is 15.4. The second-order valence-corrected chi connectivity index (χ2v) is 5.87. The van der Waals surface area contributed by atoms with Crippen molar-refractivity contribution in [3.8, 4) is 0 Å². The lowest BCUT2D eigenvalue weighted by atomic mass is 9.98. The molecule has 0 saturated carbocycles. The lowest BCUT2D eigenvalue weighted by Gasteiger charge is -2.35.